The molecule has 32 heavy (non-hydrogen) atoms. The predicted molar refractivity (Wildman–Crippen MR) is 127 cm³/mol. The Morgan fingerprint density at radius 1 is 0.969 bits per heavy atom. The maximum absolute atomic E-state index is 13.5. The van der Waals surface area contributed by atoms with Gasteiger partial charge in [0.05, 0.1) is 34.2 Å². The maximum Gasteiger partial charge on any atom is 0.256 e. The number of hydrogen-bond donors (Lipinski definition) is 2. The van der Waals surface area contributed by atoms with Gasteiger partial charge < -0.3 is 10.6 Å². The van der Waals surface area contributed by atoms with Crippen LogP contribution in [0.3, 0.4) is 0 Å². The SMILES string of the molecule is CC(=O)Nc1ccc(C)cc1NC(=O)c1cc(-c2ccccc2)nc2c1cnn2C(C)C. The number of hydrogen-bond acceptors (Lipinski definition) is 4. The van der Waals surface area contributed by atoms with Crippen LogP contribution in [0.1, 0.15) is 42.7 Å². The number of fused-ring (bicyclic) bond motifs is 1. The number of aryl methyl sites for hydroxylation is 1. The van der Waals surface area contributed by atoms with Gasteiger partial charge in [-0.3, -0.25) is 9.59 Å². The Bertz CT molecular complexity index is 1310. The zero-order chi connectivity index (χ0) is 22.8. The second-order valence-corrected chi connectivity index (χ2v) is 8.03. The molecule has 0 aliphatic rings. The second-order valence-electron chi connectivity index (χ2n) is 8.03. The third-order valence-electron chi connectivity index (χ3n) is 5.10. The van der Waals surface area contributed by atoms with E-state index >= 15 is 0 Å². The molecule has 7 nitrogen and oxygen atoms in total. The van der Waals surface area contributed by atoms with Crippen molar-refractivity contribution in [2.24, 2.45) is 0 Å². The van der Waals surface area contributed by atoms with Gasteiger partial charge in [0.2, 0.25) is 5.91 Å². The molecule has 0 spiro atoms. The summed E-state index contributed by atoms with van der Waals surface area (Å²) < 4.78 is 1.81. The number of amides is 2. The topological polar surface area (TPSA) is 88.9 Å². The minimum absolute atomic E-state index is 0.0880. The molecule has 2 N–H and O–H groups in total. The Morgan fingerprint density at radius 3 is 2.41 bits per heavy atom. The number of pyridine rings is 1. The van der Waals surface area contributed by atoms with E-state index in [9.17, 15) is 9.59 Å². The van der Waals surface area contributed by atoms with Crippen LogP contribution in [0.2, 0.25) is 0 Å². The molecule has 0 radical (unpaired) electrons. The van der Waals surface area contributed by atoms with Crippen LogP contribution in [0.5, 0.6) is 0 Å². The van der Waals surface area contributed by atoms with E-state index in [1.54, 1.807) is 18.3 Å². The van der Waals surface area contributed by atoms with Crippen LogP contribution in [-0.2, 0) is 4.79 Å². The van der Waals surface area contributed by atoms with E-state index in [1.807, 2.05) is 67.9 Å². The van der Waals surface area contributed by atoms with Crippen LogP contribution in [0.4, 0.5) is 11.4 Å². The molecule has 0 aliphatic carbocycles. The van der Waals surface area contributed by atoms with Crippen LogP contribution in [0, 0.1) is 6.92 Å². The first kappa shape index (κ1) is 21.2. The summed E-state index contributed by atoms with van der Waals surface area (Å²) >= 11 is 0. The Morgan fingerprint density at radius 2 is 1.72 bits per heavy atom. The van der Waals surface area contributed by atoms with Gasteiger partial charge in [-0.05, 0) is 44.5 Å². The smallest absolute Gasteiger partial charge is 0.256 e. The number of aromatic nitrogens is 3. The molecular weight excluding hydrogens is 402 g/mol. The van der Waals surface area contributed by atoms with Crippen molar-refractivity contribution in [3.05, 3.63) is 71.9 Å². The normalized spacial score (nSPS) is 11.0. The molecule has 0 aliphatic heterocycles. The molecule has 0 atom stereocenters. The standard InChI is InChI=1S/C25H25N5O2/c1-15(2)30-24-20(14-26-30)19(13-22(28-24)18-8-6-5-7-9-18)25(32)29-23-12-16(3)10-11-21(23)27-17(4)31/h5-15H,1-4H3,(H,27,31)(H,29,32). The van der Waals surface area contributed by atoms with E-state index < -0.39 is 0 Å². The second kappa shape index (κ2) is 8.63. The van der Waals surface area contributed by atoms with Gasteiger partial charge in [-0.15, -0.1) is 0 Å². The zero-order valence-corrected chi connectivity index (χ0v) is 18.5. The average Bonchev–Trinajstić information content (AvgIpc) is 3.19. The van der Waals surface area contributed by atoms with Crippen LogP contribution >= 0.6 is 0 Å². The molecule has 7 heteroatoms. The molecular formula is C25H25N5O2. The first-order chi connectivity index (χ1) is 15.3. The fourth-order valence-electron chi connectivity index (χ4n) is 3.59. The molecule has 2 aromatic carbocycles. The van der Waals surface area contributed by atoms with Gasteiger partial charge in [-0.1, -0.05) is 36.4 Å². The van der Waals surface area contributed by atoms with Crippen molar-refractivity contribution in [3.8, 4) is 11.3 Å². The van der Waals surface area contributed by atoms with E-state index in [1.165, 1.54) is 6.92 Å². The van der Waals surface area contributed by atoms with Crippen molar-refractivity contribution in [1.82, 2.24) is 14.8 Å². The van der Waals surface area contributed by atoms with Crippen molar-refractivity contribution in [2.75, 3.05) is 10.6 Å². The molecule has 0 bridgehead atoms. The summed E-state index contributed by atoms with van der Waals surface area (Å²) in [4.78, 5) is 29.9. The van der Waals surface area contributed by atoms with Crippen LogP contribution in [-0.4, -0.2) is 26.6 Å². The van der Waals surface area contributed by atoms with Crippen LogP contribution in [0.15, 0.2) is 60.8 Å². The molecule has 4 aromatic rings. The Labute approximate surface area is 186 Å². The van der Waals surface area contributed by atoms with E-state index in [2.05, 4.69) is 15.7 Å². The van der Waals surface area contributed by atoms with Gasteiger partial charge in [-0.25, -0.2) is 9.67 Å². The molecule has 2 aromatic heterocycles. The lowest BCUT2D eigenvalue weighted by Gasteiger charge is -2.14. The number of carbonyl (C=O) groups is 2. The van der Waals surface area contributed by atoms with E-state index in [0.29, 0.717) is 33.7 Å². The Hall–Kier alpha value is -4.00. The Kier molecular flexibility index (Phi) is 5.73. The highest BCUT2D eigenvalue weighted by Crippen LogP contribution is 2.29. The zero-order valence-electron chi connectivity index (χ0n) is 18.5. The monoisotopic (exact) mass is 427 g/mol. The third kappa shape index (κ3) is 4.23. The lowest BCUT2D eigenvalue weighted by Crippen LogP contribution is -2.16. The first-order valence-corrected chi connectivity index (χ1v) is 10.5. The van der Waals surface area contributed by atoms with Crippen LogP contribution in [0.25, 0.3) is 22.3 Å². The van der Waals surface area contributed by atoms with Gasteiger partial charge in [0.25, 0.3) is 5.91 Å². The number of benzene rings is 2. The molecule has 2 heterocycles. The number of nitrogens with one attached hydrogen (secondary N) is 2. The van der Waals surface area contributed by atoms with Crippen molar-refractivity contribution >= 4 is 34.2 Å². The van der Waals surface area contributed by atoms with Gasteiger partial charge >= 0.3 is 0 Å². The summed E-state index contributed by atoms with van der Waals surface area (Å²) in [5.41, 5.74) is 4.77. The number of rotatable bonds is 5. The van der Waals surface area contributed by atoms with Gasteiger partial charge in [-0.2, -0.15) is 5.10 Å². The number of carbonyl (C=O) groups excluding carboxylic acids is 2. The molecule has 0 saturated carbocycles. The molecule has 0 fully saturated rings. The molecule has 162 valence electrons. The van der Waals surface area contributed by atoms with Crippen molar-refractivity contribution < 1.29 is 9.59 Å². The minimum Gasteiger partial charge on any atom is -0.325 e. The largest absolute Gasteiger partial charge is 0.325 e. The highest BCUT2D eigenvalue weighted by atomic mass is 16.2. The fourth-order valence-corrected chi connectivity index (χ4v) is 3.59. The van der Waals surface area contributed by atoms with Crippen molar-refractivity contribution in [3.63, 3.8) is 0 Å². The maximum atomic E-state index is 13.5. The highest BCUT2D eigenvalue weighted by molar-refractivity contribution is 6.14. The van der Waals surface area contributed by atoms with Crippen molar-refractivity contribution in [1.29, 1.82) is 0 Å². The summed E-state index contributed by atoms with van der Waals surface area (Å²) in [6, 6.07) is 17.1. The number of nitrogens with zero attached hydrogens (tertiary/aromatic N) is 3. The summed E-state index contributed by atoms with van der Waals surface area (Å²) in [6.07, 6.45) is 1.68. The van der Waals surface area contributed by atoms with Crippen LogP contribution < -0.4 is 10.6 Å². The summed E-state index contributed by atoms with van der Waals surface area (Å²) in [5, 5.41) is 10.9. The number of anilines is 2. The van der Waals surface area contributed by atoms with E-state index in [0.717, 1.165) is 11.1 Å². The molecule has 4 rings (SSSR count). The quantitative estimate of drug-likeness (QED) is 0.458. The van der Waals surface area contributed by atoms with Gasteiger partial charge in [0, 0.05) is 18.5 Å². The highest BCUT2D eigenvalue weighted by Gasteiger charge is 2.19. The average molecular weight is 428 g/mol. The first-order valence-electron chi connectivity index (χ1n) is 10.5. The predicted octanol–water partition coefficient (Wildman–Crippen LogP) is 5.20. The summed E-state index contributed by atoms with van der Waals surface area (Å²) in [7, 11) is 0. The van der Waals surface area contributed by atoms with Crippen molar-refractivity contribution in [2.45, 2.75) is 33.7 Å². The minimum atomic E-state index is -0.296. The van der Waals surface area contributed by atoms with E-state index in [-0.39, 0.29) is 17.9 Å². The lowest BCUT2D eigenvalue weighted by atomic mass is 10.1. The lowest BCUT2D eigenvalue weighted by molar-refractivity contribution is -0.114. The summed E-state index contributed by atoms with van der Waals surface area (Å²) in [5.74, 6) is -0.504. The fraction of sp³-hybridized carbons (Fsp3) is 0.200. The third-order valence-corrected chi connectivity index (χ3v) is 5.10. The molecule has 0 unspecified atom stereocenters. The Balaban J connectivity index is 1.83. The van der Waals surface area contributed by atoms with Gasteiger partial charge in [0.1, 0.15) is 0 Å². The van der Waals surface area contributed by atoms with Gasteiger partial charge in [0.15, 0.2) is 5.65 Å². The van der Waals surface area contributed by atoms with E-state index in [4.69, 9.17) is 4.98 Å². The molecule has 2 amide bonds. The molecule has 0 saturated heterocycles. The summed E-state index contributed by atoms with van der Waals surface area (Å²) in [6.45, 7) is 7.41.